The number of carbonyl (C=O) groups excluding carboxylic acids is 1. The van der Waals surface area contributed by atoms with Gasteiger partial charge in [0, 0.05) is 42.7 Å². The molecule has 8 nitrogen and oxygen atoms in total. The third-order valence-corrected chi connectivity index (χ3v) is 4.66. The normalized spacial score (nSPS) is 15.2. The van der Waals surface area contributed by atoms with Crippen LogP contribution in [0, 0.1) is 5.82 Å². The Bertz CT molecular complexity index is 983. The molecule has 1 aliphatic rings. The van der Waals surface area contributed by atoms with Gasteiger partial charge in [0.1, 0.15) is 17.3 Å². The maximum atomic E-state index is 14.4. The summed E-state index contributed by atoms with van der Waals surface area (Å²) >= 11 is 0. The lowest BCUT2D eigenvalue weighted by atomic mass is 10.0. The average molecular weight is 412 g/mol. The van der Waals surface area contributed by atoms with Gasteiger partial charge in [0.25, 0.3) is 5.91 Å². The highest BCUT2D eigenvalue weighted by Gasteiger charge is 2.22. The minimum absolute atomic E-state index is 0.00172. The minimum Gasteiger partial charge on any atom is -0.383 e. The van der Waals surface area contributed by atoms with Crippen LogP contribution in [0.3, 0.4) is 0 Å². The number of carbonyl (C=O) groups is 1. The number of benzene rings is 1. The van der Waals surface area contributed by atoms with Crippen LogP contribution < -0.4 is 11.6 Å². The van der Waals surface area contributed by atoms with E-state index in [9.17, 15) is 9.18 Å². The number of hydrogen-bond acceptors (Lipinski definition) is 7. The fourth-order valence-corrected chi connectivity index (χ4v) is 3.04. The predicted molar refractivity (Wildman–Crippen MR) is 115 cm³/mol. The Morgan fingerprint density at radius 1 is 1.23 bits per heavy atom. The Balaban J connectivity index is 1.97. The van der Waals surface area contributed by atoms with Gasteiger partial charge < -0.3 is 21.2 Å². The number of aliphatic imine (C=N–C) groups is 1. The summed E-state index contributed by atoms with van der Waals surface area (Å²) in [6.45, 7) is 5.60. The standard InChI is InChI=1S/C21H25FN6O2/c1-13(2)25-12-19(27-24)17-10-15(11-26-20(17)23)14-3-4-18(22)16(9-14)21(29)28-5-7-30-8-6-28/h3-4,9-13H,5-8,24H2,1-2H3,(H2,23,26). The summed E-state index contributed by atoms with van der Waals surface area (Å²) in [5, 5.41) is 3.76. The lowest BCUT2D eigenvalue weighted by Crippen LogP contribution is -2.41. The molecule has 1 aromatic heterocycles. The van der Waals surface area contributed by atoms with E-state index in [2.05, 4.69) is 15.1 Å². The summed E-state index contributed by atoms with van der Waals surface area (Å²) in [5.41, 5.74) is 8.16. The van der Waals surface area contributed by atoms with Crippen molar-refractivity contribution in [1.82, 2.24) is 9.88 Å². The monoisotopic (exact) mass is 412 g/mol. The molecule has 1 aromatic carbocycles. The van der Waals surface area contributed by atoms with Crippen LogP contribution in [-0.4, -0.2) is 60.1 Å². The van der Waals surface area contributed by atoms with E-state index in [1.807, 2.05) is 13.8 Å². The van der Waals surface area contributed by atoms with Gasteiger partial charge in [-0.2, -0.15) is 5.10 Å². The summed E-state index contributed by atoms with van der Waals surface area (Å²) < 4.78 is 19.7. The zero-order chi connectivity index (χ0) is 21.7. The Morgan fingerprint density at radius 3 is 2.60 bits per heavy atom. The molecule has 2 aromatic rings. The van der Waals surface area contributed by atoms with Crippen LogP contribution in [-0.2, 0) is 4.74 Å². The van der Waals surface area contributed by atoms with Crippen molar-refractivity contribution in [2.24, 2.45) is 15.9 Å². The zero-order valence-electron chi connectivity index (χ0n) is 17.0. The molecule has 2 heterocycles. The van der Waals surface area contributed by atoms with E-state index in [0.29, 0.717) is 48.7 Å². The summed E-state index contributed by atoms with van der Waals surface area (Å²) in [4.78, 5) is 22.9. The van der Waals surface area contributed by atoms with Gasteiger partial charge in [-0.3, -0.25) is 9.79 Å². The van der Waals surface area contributed by atoms with Gasteiger partial charge in [-0.1, -0.05) is 6.07 Å². The second-order valence-corrected chi connectivity index (χ2v) is 7.14. The molecule has 0 aliphatic carbocycles. The number of nitrogens with zero attached hydrogens (tertiary/aromatic N) is 4. The molecule has 1 amide bonds. The molecule has 0 unspecified atom stereocenters. The van der Waals surface area contributed by atoms with Crippen LogP contribution in [0.4, 0.5) is 10.2 Å². The number of ether oxygens (including phenoxy) is 1. The maximum Gasteiger partial charge on any atom is 0.257 e. The molecule has 1 saturated heterocycles. The van der Waals surface area contributed by atoms with E-state index in [1.165, 1.54) is 12.1 Å². The van der Waals surface area contributed by atoms with Gasteiger partial charge >= 0.3 is 0 Å². The molecule has 0 radical (unpaired) electrons. The number of hydrazone groups is 1. The first-order valence-electron chi connectivity index (χ1n) is 9.64. The van der Waals surface area contributed by atoms with Crippen molar-refractivity contribution in [3.8, 4) is 11.1 Å². The Hall–Kier alpha value is -3.33. The van der Waals surface area contributed by atoms with Crippen molar-refractivity contribution in [2.45, 2.75) is 19.9 Å². The minimum atomic E-state index is -0.577. The first-order chi connectivity index (χ1) is 14.4. The number of anilines is 1. The number of nitrogens with two attached hydrogens (primary N) is 2. The summed E-state index contributed by atoms with van der Waals surface area (Å²) in [6.07, 6.45) is 3.10. The fraction of sp³-hybridized carbons (Fsp3) is 0.333. The van der Waals surface area contributed by atoms with Gasteiger partial charge in [0.15, 0.2) is 0 Å². The molecule has 1 aliphatic heterocycles. The Kier molecular flexibility index (Phi) is 6.73. The van der Waals surface area contributed by atoms with Crippen molar-refractivity contribution >= 4 is 23.7 Å². The van der Waals surface area contributed by atoms with Gasteiger partial charge in [0.2, 0.25) is 0 Å². The molecule has 158 valence electrons. The summed E-state index contributed by atoms with van der Waals surface area (Å²) in [7, 11) is 0. The van der Waals surface area contributed by atoms with Crippen LogP contribution in [0.2, 0.25) is 0 Å². The van der Waals surface area contributed by atoms with Gasteiger partial charge in [-0.25, -0.2) is 9.37 Å². The second kappa shape index (κ2) is 9.45. The second-order valence-electron chi connectivity index (χ2n) is 7.14. The van der Waals surface area contributed by atoms with Gasteiger partial charge in [-0.15, -0.1) is 0 Å². The predicted octanol–water partition coefficient (Wildman–Crippen LogP) is 2.08. The first kappa shape index (κ1) is 21.4. The molecule has 0 bridgehead atoms. The fourth-order valence-electron chi connectivity index (χ4n) is 3.04. The van der Waals surface area contributed by atoms with Crippen molar-refractivity contribution in [1.29, 1.82) is 0 Å². The number of rotatable bonds is 5. The van der Waals surface area contributed by atoms with Crippen LogP contribution >= 0.6 is 0 Å². The molecule has 4 N–H and O–H groups in total. The molecule has 0 saturated carbocycles. The molecular weight excluding hydrogens is 387 g/mol. The number of morpholine rings is 1. The van der Waals surface area contributed by atoms with Crippen LogP contribution in [0.1, 0.15) is 29.8 Å². The van der Waals surface area contributed by atoms with Crippen molar-refractivity contribution in [3.63, 3.8) is 0 Å². The van der Waals surface area contributed by atoms with Crippen LogP contribution in [0.25, 0.3) is 11.1 Å². The third kappa shape index (κ3) is 4.80. The largest absolute Gasteiger partial charge is 0.383 e. The van der Waals surface area contributed by atoms with Crippen molar-refractivity contribution in [2.75, 3.05) is 32.0 Å². The van der Waals surface area contributed by atoms with E-state index in [0.717, 1.165) is 0 Å². The highest BCUT2D eigenvalue weighted by Crippen LogP contribution is 2.25. The number of amides is 1. The number of hydrogen-bond donors (Lipinski definition) is 2. The molecule has 0 atom stereocenters. The highest BCUT2D eigenvalue weighted by atomic mass is 19.1. The maximum absolute atomic E-state index is 14.4. The van der Waals surface area contributed by atoms with E-state index in [4.69, 9.17) is 16.3 Å². The molecule has 1 fully saturated rings. The molecular formula is C21H25FN6O2. The Morgan fingerprint density at radius 2 is 1.93 bits per heavy atom. The van der Waals surface area contributed by atoms with Gasteiger partial charge in [0.05, 0.1) is 18.8 Å². The topological polar surface area (TPSA) is 119 Å². The van der Waals surface area contributed by atoms with Crippen LogP contribution in [0.5, 0.6) is 0 Å². The molecule has 9 heteroatoms. The smallest absolute Gasteiger partial charge is 0.257 e. The SMILES string of the molecule is CC(C)N=CC(=NN)c1cc(-c2ccc(F)c(C(=O)N3CCOCC3)c2)cnc1N. The van der Waals surface area contributed by atoms with Crippen molar-refractivity contribution in [3.05, 3.63) is 47.4 Å². The number of halogens is 1. The number of pyridine rings is 1. The molecule has 0 spiro atoms. The third-order valence-electron chi connectivity index (χ3n) is 4.66. The van der Waals surface area contributed by atoms with E-state index >= 15 is 0 Å². The zero-order valence-corrected chi connectivity index (χ0v) is 17.0. The summed E-state index contributed by atoms with van der Waals surface area (Å²) in [6, 6.07) is 6.19. The average Bonchev–Trinajstić information content (AvgIpc) is 2.75. The number of aromatic nitrogens is 1. The van der Waals surface area contributed by atoms with Crippen molar-refractivity contribution < 1.29 is 13.9 Å². The van der Waals surface area contributed by atoms with E-state index < -0.39 is 5.82 Å². The summed E-state index contributed by atoms with van der Waals surface area (Å²) in [5.74, 6) is 4.82. The van der Waals surface area contributed by atoms with E-state index in [1.54, 1.807) is 29.4 Å². The Labute approximate surface area is 174 Å². The first-order valence-corrected chi connectivity index (χ1v) is 9.64. The lowest BCUT2D eigenvalue weighted by Gasteiger charge is -2.27. The van der Waals surface area contributed by atoms with E-state index in [-0.39, 0.29) is 23.3 Å². The van der Waals surface area contributed by atoms with Crippen LogP contribution in [0.15, 0.2) is 40.6 Å². The van der Waals surface area contributed by atoms with Gasteiger partial charge in [-0.05, 0) is 37.6 Å². The quantitative estimate of drug-likeness (QED) is 0.443. The molecule has 30 heavy (non-hydrogen) atoms. The lowest BCUT2D eigenvalue weighted by molar-refractivity contribution is 0.0300. The number of nitrogen functional groups attached to an aromatic ring is 1. The molecule has 3 rings (SSSR count). The highest BCUT2D eigenvalue weighted by molar-refractivity contribution is 6.39.